The van der Waals surface area contributed by atoms with Crippen molar-refractivity contribution in [2.24, 2.45) is 0 Å². The maximum atomic E-state index is 12.9. The van der Waals surface area contributed by atoms with Crippen molar-refractivity contribution in [1.82, 2.24) is 9.88 Å². The first-order valence-electron chi connectivity index (χ1n) is 8.55. The Labute approximate surface area is 160 Å². The predicted octanol–water partition coefficient (Wildman–Crippen LogP) is 5.52. The Morgan fingerprint density at radius 2 is 2.04 bits per heavy atom. The van der Waals surface area contributed by atoms with E-state index in [9.17, 15) is 18.0 Å². The third-order valence-corrected chi connectivity index (χ3v) is 4.80. The number of nitrogens with zero attached hydrogens (tertiary/aromatic N) is 2. The van der Waals surface area contributed by atoms with Crippen LogP contribution in [-0.4, -0.2) is 21.8 Å². The predicted molar refractivity (Wildman–Crippen MR) is 98.0 cm³/mol. The molecule has 0 radical (unpaired) electrons. The van der Waals surface area contributed by atoms with Crippen LogP contribution in [0, 0.1) is 0 Å². The van der Waals surface area contributed by atoms with E-state index in [1.54, 1.807) is 17.2 Å². The minimum absolute atomic E-state index is 0.121. The number of rotatable bonds is 5. The van der Waals surface area contributed by atoms with Gasteiger partial charge in [-0.05, 0) is 61.7 Å². The molecule has 0 aliphatic heterocycles. The summed E-state index contributed by atoms with van der Waals surface area (Å²) < 4.78 is 38.7. The number of hydrogen-bond acceptors (Lipinski definition) is 2. The Hall–Kier alpha value is -2.34. The molecule has 1 saturated carbocycles. The van der Waals surface area contributed by atoms with Crippen LogP contribution in [0.5, 0.6) is 0 Å². The summed E-state index contributed by atoms with van der Waals surface area (Å²) in [5.74, 6) is -0.274. The molecule has 1 atom stereocenters. The van der Waals surface area contributed by atoms with E-state index < -0.39 is 11.7 Å². The Morgan fingerprint density at radius 3 is 2.63 bits per heavy atom. The quantitative estimate of drug-likeness (QED) is 0.625. The van der Waals surface area contributed by atoms with Gasteiger partial charge in [0, 0.05) is 23.3 Å². The lowest BCUT2D eigenvalue weighted by molar-refractivity contribution is -0.137. The van der Waals surface area contributed by atoms with E-state index in [1.807, 2.05) is 19.1 Å². The van der Waals surface area contributed by atoms with Crippen molar-refractivity contribution in [3.63, 3.8) is 0 Å². The van der Waals surface area contributed by atoms with Gasteiger partial charge in [-0.2, -0.15) is 13.2 Å². The minimum atomic E-state index is -4.47. The second-order valence-corrected chi connectivity index (χ2v) is 6.88. The van der Waals surface area contributed by atoms with Gasteiger partial charge in [0.25, 0.3) is 0 Å². The van der Waals surface area contributed by atoms with Crippen molar-refractivity contribution in [2.45, 2.75) is 38.0 Å². The van der Waals surface area contributed by atoms with Crippen LogP contribution in [0.1, 0.15) is 42.6 Å². The topological polar surface area (TPSA) is 33.2 Å². The molecule has 2 aromatic rings. The zero-order chi connectivity index (χ0) is 19.6. The number of carbonyl (C=O) groups excluding carboxylic acids is 1. The molecule has 1 unspecified atom stereocenters. The molecule has 1 heterocycles. The molecule has 3 nitrogen and oxygen atoms in total. The molecule has 7 heteroatoms. The van der Waals surface area contributed by atoms with Gasteiger partial charge in [-0.3, -0.25) is 9.78 Å². The Bertz CT molecular complexity index is 848. The van der Waals surface area contributed by atoms with Gasteiger partial charge in [0.2, 0.25) is 5.91 Å². The average molecular weight is 395 g/mol. The lowest BCUT2D eigenvalue weighted by atomic mass is 10.1. The van der Waals surface area contributed by atoms with E-state index in [2.05, 4.69) is 4.98 Å². The van der Waals surface area contributed by atoms with E-state index in [-0.39, 0.29) is 28.6 Å². The zero-order valence-electron chi connectivity index (χ0n) is 14.6. The molecule has 142 valence electrons. The smallest absolute Gasteiger partial charge is 0.328 e. The van der Waals surface area contributed by atoms with Crippen molar-refractivity contribution < 1.29 is 18.0 Å². The number of alkyl halides is 3. The molecule has 0 spiro atoms. The largest absolute Gasteiger partial charge is 0.416 e. The van der Waals surface area contributed by atoms with Gasteiger partial charge in [-0.25, -0.2) is 0 Å². The molecular formula is C20H18ClF3N2O. The van der Waals surface area contributed by atoms with Crippen molar-refractivity contribution in [3.05, 3.63) is 70.5 Å². The molecule has 27 heavy (non-hydrogen) atoms. The number of carbonyl (C=O) groups is 1. The molecule has 1 aliphatic carbocycles. The van der Waals surface area contributed by atoms with Crippen molar-refractivity contribution in [2.75, 3.05) is 0 Å². The lowest BCUT2D eigenvalue weighted by Gasteiger charge is -2.28. The Morgan fingerprint density at radius 1 is 1.30 bits per heavy atom. The minimum Gasteiger partial charge on any atom is -0.328 e. The van der Waals surface area contributed by atoms with E-state index in [4.69, 9.17) is 11.6 Å². The van der Waals surface area contributed by atoms with Crippen molar-refractivity contribution in [3.8, 4) is 0 Å². The molecule has 1 aromatic heterocycles. The highest BCUT2D eigenvalue weighted by Gasteiger charge is 2.36. The van der Waals surface area contributed by atoms with Crippen molar-refractivity contribution >= 4 is 23.6 Å². The Balaban J connectivity index is 1.82. The van der Waals surface area contributed by atoms with E-state index in [1.165, 1.54) is 18.2 Å². The van der Waals surface area contributed by atoms with E-state index in [0.717, 1.165) is 30.7 Å². The number of hydrogen-bond donors (Lipinski definition) is 0. The Kier molecular flexibility index (Phi) is 5.56. The summed E-state index contributed by atoms with van der Waals surface area (Å²) in [6, 6.07) is 8.44. The van der Waals surface area contributed by atoms with Crippen LogP contribution < -0.4 is 0 Å². The van der Waals surface area contributed by atoms with Crippen LogP contribution in [0.15, 0.2) is 48.7 Å². The van der Waals surface area contributed by atoms with Crippen molar-refractivity contribution in [1.29, 1.82) is 0 Å². The molecule has 1 aliphatic rings. The fourth-order valence-electron chi connectivity index (χ4n) is 2.90. The standard InChI is InChI=1S/C20H18ClF3N2O/c1-13(18-4-2-3-11-25-18)26(16-7-8-16)19(27)10-5-14-12-15(20(22,23)24)6-9-17(14)21/h2-6,9-13,16H,7-8H2,1H3/b10-5+. The van der Waals surface area contributed by atoms with E-state index in [0.29, 0.717) is 0 Å². The van der Waals surface area contributed by atoms with E-state index >= 15 is 0 Å². The first-order chi connectivity index (χ1) is 12.8. The summed E-state index contributed by atoms with van der Waals surface area (Å²) in [5.41, 5.74) is 0.115. The van der Waals surface area contributed by atoms with Gasteiger partial charge < -0.3 is 4.90 Å². The molecule has 1 fully saturated rings. The number of amides is 1. The summed E-state index contributed by atoms with van der Waals surface area (Å²) in [6.45, 7) is 1.89. The maximum Gasteiger partial charge on any atom is 0.416 e. The highest BCUT2D eigenvalue weighted by Crippen LogP contribution is 2.35. The molecule has 0 N–H and O–H groups in total. The lowest BCUT2D eigenvalue weighted by Crippen LogP contribution is -2.34. The summed E-state index contributed by atoms with van der Waals surface area (Å²) in [7, 11) is 0. The van der Waals surface area contributed by atoms with Crippen LogP contribution in [0.2, 0.25) is 5.02 Å². The molecule has 0 bridgehead atoms. The van der Waals surface area contributed by atoms with Gasteiger partial charge in [0.05, 0.1) is 17.3 Å². The molecule has 1 amide bonds. The third-order valence-electron chi connectivity index (χ3n) is 4.46. The van der Waals surface area contributed by atoms with Gasteiger partial charge in [-0.15, -0.1) is 0 Å². The fraction of sp³-hybridized carbons (Fsp3) is 0.300. The normalized spacial score (nSPS) is 15.7. The molecule has 3 rings (SSSR count). The van der Waals surface area contributed by atoms with Crippen LogP contribution in [0.4, 0.5) is 13.2 Å². The van der Waals surface area contributed by atoms with Crippen LogP contribution in [0.3, 0.4) is 0 Å². The highest BCUT2D eigenvalue weighted by molar-refractivity contribution is 6.32. The summed E-state index contributed by atoms with van der Waals surface area (Å²) >= 11 is 5.99. The first-order valence-corrected chi connectivity index (χ1v) is 8.93. The van der Waals surface area contributed by atoms with Gasteiger partial charge in [0.15, 0.2) is 0 Å². The monoisotopic (exact) mass is 394 g/mol. The number of pyridine rings is 1. The first kappa shape index (κ1) is 19.4. The molecule has 0 saturated heterocycles. The summed E-state index contributed by atoms with van der Waals surface area (Å²) in [4.78, 5) is 18.8. The second-order valence-electron chi connectivity index (χ2n) is 6.47. The van der Waals surface area contributed by atoms with Gasteiger partial charge in [0.1, 0.15) is 0 Å². The van der Waals surface area contributed by atoms with Crippen LogP contribution >= 0.6 is 11.6 Å². The van der Waals surface area contributed by atoms with Gasteiger partial charge >= 0.3 is 6.18 Å². The second kappa shape index (κ2) is 7.72. The average Bonchev–Trinajstić information content (AvgIpc) is 3.46. The number of halogens is 4. The third kappa shape index (κ3) is 4.69. The maximum absolute atomic E-state index is 12.9. The highest BCUT2D eigenvalue weighted by atomic mass is 35.5. The summed E-state index contributed by atoms with van der Waals surface area (Å²) in [5, 5.41) is 0.155. The van der Waals surface area contributed by atoms with Crippen LogP contribution in [-0.2, 0) is 11.0 Å². The summed E-state index contributed by atoms with van der Waals surface area (Å²) in [6.07, 6.45) is 1.62. The number of aromatic nitrogens is 1. The van der Waals surface area contributed by atoms with Crippen LogP contribution in [0.25, 0.3) is 6.08 Å². The SMILES string of the molecule is CC(c1ccccn1)N(C(=O)/C=C/c1cc(C(F)(F)F)ccc1Cl)C1CC1. The molecule has 1 aromatic carbocycles. The molecular weight excluding hydrogens is 377 g/mol. The number of benzene rings is 1. The fourth-order valence-corrected chi connectivity index (χ4v) is 3.08. The van der Waals surface area contributed by atoms with Gasteiger partial charge in [-0.1, -0.05) is 17.7 Å². The zero-order valence-corrected chi connectivity index (χ0v) is 15.3.